The fourth-order valence-corrected chi connectivity index (χ4v) is 4.72. The maximum atomic E-state index is 13.8. The Hall–Kier alpha value is -4.17. The molecule has 1 atom stereocenters. The summed E-state index contributed by atoms with van der Waals surface area (Å²) >= 11 is 1.30. The van der Waals surface area contributed by atoms with Crippen molar-refractivity contribution in [2.24, 2.45) is 0 Å². The summed E-state index contributed by atoms with van der Waals surface area (Å²) in [6.07, 6.45) is 1.54. The summed E-state index contributed by atoms with van der Waals surface area (Å²) in [5, 5.41) is 7.42. The van der Waals surface area contributed by atoms with Crippen LogP contribution in [0.15, 0.2) is 82.8 Å². The van der Waals surface area contributed by atoms with Crippen LogP contribution in [0.2, 0.25) is 0 Å². The predicted molar refractivity (Wildman–Crippen MR) is 145 cm³/mol. The van der Waals surface area contributed by atoms with Gasteiger partial charge >= 0.3 is 0 Å². The average Bonchev–Trinajstić information content (AvgIpc) is 3.60. The number of rotatable bonds is 9. The second-order valence-electron chi connectivity index (χ2n) is 8.82. The van der Waals surface area contributed by atoms with Gasteiger partial charge in [-0.05, 0) is 61.5 Å². The van der Waals surface area contributed by atoms with Crippen LogP contribution in [-0.4, -0.2) is 24.3 Å². The highest BCUT2D eigenvalue weighted by molar-refractivity contribution is 7.12. The van der Waals surface area contributed by atoms with Gasteiger partial charge in [-0.1, -0.05) is 53.6 Å². The largest absolute Gasteiger partial charge is 0.467 e. The number of nitrogens with zero attached hydrogens (tertiary/aromatic N) is 1. The van der Waals surface area contributed by atoms with Crippen LogP contribution in [0.3, 0.4) is 0 Å². The third kappa shape index (κ3) is 6.34. The number of anilines is 1. The number of hydrogen-bond acceptors (Lipinski definition) is 5. The summed E-state index contributed by atoms with van der Waals surface area (Å²) in [6.45, 7) is 5.75. The van der Waals surface area contributed by atoms with Gasteiger partial charge in [-0.25, -0.2) is 0 Å². The van der Waals surface area contributed by atoms with Crippen molar-refractivity contribution in [3.05, 3.63) is 111 Å². The lowest BCUT2D eigenvalue weighted by Crippen LogP contribution is -2.47. The number of furan rings is 1. The Balaban J connectivity index is 1.71. The summed E-state index contributed by atoms with van der Waals surface area (Å²) in [4.78, 5) is 42.1. The van der Waals surface area contributed by atoms with Crippen LogP contribution in [-0.2, 0) is 16.1 Å². The van der Waals surface area contributed by atoms with E-state index in [2.05, 4.69) is 10.6 Å². The first-order chi connectivity index (χ1) is 17.8. The van der Waals surface area contributed by atoms with Crippen LogP contribution in [0.25, 0.3) is 0 Å². The standard InChI is InChI=1S/C29H29N3O4S/c1-19-8-11-22(12-9-19)27(29(35)30-17-23-6-4-14-36-23)32(24-13-10-20(2)16-21(24)3)26(33)18-31-28(34)25-7-5-15-37-25/h4-16,27H,17-18H2,1-3H3,(H,30,35)(H,31,34)/t27-/m0/s1. The number of hydrogen-bond donors (Lipinski definition) is 2. The fraction of sp³-hybridized carbons (Fsp3) is 0.207. The molecule has 190 valence electrons. The molecule has 7 nitrogen and oxygen atoms in total. The van der Waals surface area contributed by atoms with Crippen molar-refractivity contribution >= 4 is 34.7 Å². The van der Waals surface area contributed by atoms with Gasteiger partial charge in [0.1, 0.15) is 11.8 Å². The minimum Gasteiger partial charge on any atom is -0.467 e. The molecule has 0 bridgehead atoms. The van der Waals surface area contributed by atoms with E-state index in [1.54, 1.807) is 35.9 Å². The second kappa shape index (κ2) is 11.7. The van der Waals surface area contributed by atoms with Gasteiger partial charge in [-0.3, -0.25) is 19.3 Å². The molecule has 0 spiro atoms. The Morgan fingerprint density at radius 3 is 2.32 bits per heavy atom. The number of carbonyl (C=O) groups excluding carboxylic acids is 3. The van der Waals surface area contributed by atoms with Gasteiger partial charge in [0.2, 0.25) is 11.8 Å². The Morgan fingerprint density at radius 1 is 0.919 bits per heavy atom. The molecule has 0 unspecified atom stereocenters. The molecule has 0 radical (unpaired) electrons. The molecule has 8 heteroatoms. The van der Waals surface area contributed by atoms with E-state index in [1.807, 2.05) is 63.2 Å². The van der Waals surface area contributed by atoms with Gasteiger partial charge in [0.25, 0.3) is 5.91 Å². The van der Waals surface area contributed by atoms with Crippen molar-refractivity contribution in [1.29, 1.82) is 0 Å². The number of aryl methyl sites for hydroxylation is 3. The fourth-order valence-electron chi connectivity index (χ4n) is 4.08. The van der Waals surface area contributed by atoms with Crippen molar-refractivity contribution in [3.8, 4) is 0 Å². The number of benzene rings is 2. The van der Waals surface area contributed by atoms with E-state index in [0.717, 1.165) is 16.7 Å². The number of nitrogens with one attached hydrogen (secondary N) is 2. The van der Waals surface area contributed by atoms with Crippen LogP contribution in [0.4, 0.5) is 5.69 Å². The van der Waals surface area contributed by atoms with Crippen LogP contribution in [0.5, 0.6) is 0 Å². The van der Waals surface area contributed by atoms with Crippen molar-refractivity contribution in [2.75, 3.05) is 11.4 Å². The minimum absolute atomic E-state index is 0.179. The van der Waals surface area contributed by atoms with Crippen molar-refractivity contribution < 1.29 is 18.8 Å². The van der Waals surface area contributed by atoms with Crippen molar-refractivity contribution in [1.82, 2.24) is 10.6 Å². The third-order valence-corrected chi connectivity index (χ3v) is 6.81. The van der Waals surface area contributed by atoms with E-state index < -0.39 is 11.9 Å². The smallest absolute Gasteiger partial charge is 0.261 e. The first-order valence-corrected chi connectivity index (χ1v) is 12.8. The molecule has 2 aromatic heterocycles. The molecule has 0 saturated carbocycles. The molecule has 2 heterocycles. The van der Waals surface area contributed by atoms with Gasteiger partial charge in [0.15, 0.2) is 0 Å². The first kappa shape index (κ1) is 25.9. The maximum absolute atomic E-state index is 13.8. The van der Waals surface area contributed by atoms with Crippen LogP contribution < -0.4 is 15.5 Å². The van der Waals surface area contributed by atoms with Gasteiger partial charge in [0.05, 0.1) is 24.2 Å². The minimum atomic E-state index is -0.969. The van der Waals surface area contributed by atoms with E-state index in [0.29, 0.717) is 21.9 Å². The monoisotopic (exact) mass is 515 g/mol. The molecule has 0 fully saturated rings. The molecule has 0 aliphatic heterocycles. The Labute approximate surface area is 220 Å². The summed E-state index contributed by atoms with van der Waals surface area (Å²) in [6, 6.07) is 19.2. The van der Waals surface area contributed by atoms with Crippen LogP contribution >= 0.6 is 11.3 Å². The molecule has 0 aliphatic rings. The Bertz CT molecular complexity index is 1360. The zero-order valence-corrected chi connectivity index (χ0v) is 21.8. The highest BCUT2D eigenvalue weighted by Gasteiger charge is 2.33. The quantitative estimate of drug-likeness (QED) is 0.325. The van der Waals surface area contributed by atoms with E-state index in [4.69, 9.17) is 4.42 Å². The molecule has 2 aromatic carbocycles. The zero-order chi connectivity index (χ0) is 26.4. The highest BCUT2D eigenvalue weighted by atomic mass is 32.1. The molecule has 3 amide bonds. The topological polar surface area (TPSA) is 91.7 Å². The zero-order valence-electron chi connectivity index (χ0n) is 21.0. The second-order valence-corrected chi connectivity index (χ2v) is 9.77. The average molecular weight is 516 g/mol. The summed E-state index contributed by atoms with van der Waals surface area (Å²) in [5.41, 5.74) is 4.16. The Kier molecular flexibility index (Phi) is 8.20. The van der Waals surface area contributed by atoms with E-state index in [9.17, 15) is 14.4 Å². The van der Waals surface area contributed by atoms with Crippen LogP contribution in [0, 0.1) is 20.8 Å². The van der Waals surface area contributed by atoms with Crippen LogP contribution in [0.1, 0.15) is 43.7 Å². The Morgan fingerprint density at radius 2 is 1.68 bits per heavy atom. The number of thiophene rings is 1. The summed E-state index contributed by atoms with van der Waals surface area (Å²) < 4.78 is 5.37. The molecule has 37 heavy (non-hydrogen) atoms. The molecular formula is C29H29N3O4S. The lowest BCUT2D eigenvalue weighted by Gasteiger charge is -2.33. The van der Waals surface area contributed by atoms with Gasteiger partial charge < -0.3 is 15.1 Å². The molecule has 0 aliphatic carbocycles. The van der Waals surface area contributed by atoms with Gasteiger partial charge in [-0.15, -0.1) is 11.3 Å². The van der Waals surface area contributed by atoms with E-state index >= 15 is 0 Å². The lowest BCUT2D eigenvalue weighted by atomic mass is 10.00. The van der Waals surface area contributed by atoms with E-state index in [1.165, 1.54) is 16.2 Å². The first-order valence-electron chi connectivity index (χ1n) is 11.9. The molecule has 4 aromatic rings. The predicted octanol–water partition coefficient (Wildman–Crippen LogP) is 5.09. The van der Waals surface area contributed by atoms with Crippen molar-refractivity contribution in [3.63, 3.8) is 0 Å². The normalized spacial score (nSPS) is 11.5. The maximum Gasteiger partial charge on any atom is 0.261 e. The SMILES string of the molecule is Cc1ccc([C@@H](C(=O)NCc2ccco2)N(C(=O)CNC(=O)c2cccs2)c2ccc(C)cc2C)cc1. The molecule has 0 saturated heterocycles. The number of carbonyl (C=O) groups is 3. The third-order valence-electron chi connectivity index (χ3n) is 5.94. The molecular weight excluding hydrogens is 486 g/mol. The summed E-state index contributed by atoms with van der Waals surface area (Å²) in [7, 11) is 0. The van der Waals surface area contributed by atoms with Crippen molar-refractivity contribution in [2.45, 2.75) is 33.4 Å². The van der Waals surface area contributed by atoms with Gasteiger partial charge in [0, 0.05) is 5.69 Å². The summed E-state index contributed by atoms with van der Waals surface area (Å²) in [5.74, 6) is -0.504. The molecule has 4 rings (SSSR count). The van der Waals surface area contributed by atoms with Gasteiger partial charge in [-0.2, -0.15) is 0 Å². The number of amides is 3. The van der Waals surface area contributed by atoms with E-state index in [-0.39, 0.29) is 24.9 Å². The highest BCUT2D eigenvalue weighted by Crippen LogP contribution is 2.31. The molecule has 2 N–H and O–H groups in total. The lowest BCUT2D eigenvalue weighted by molar-refractivity contribution is -0.126.